The molecule has 2 aliphatic heterocycles. The van der Waals surface area contributed by atoms with E-state index in [9.17, 15) is 9.59 Å². The maximum atomic E-state index is 12.8. The predicted molar refractivity (Wildman–Crippen MR) is 103 cm³/mol. The van der Waals surface area contributed by atoms with Crippen molar-refractivity contribution in [1.29, 1.82) is 0 Å². The van der Waals surface area contributed by atoms with Crippen LogP contribution < -0.4 is 9.64 Å². The van der Waals surface area contributed by atoms with Crippen molar-refractivity contribution in [1.82, 2.24) is 9.97 Å². The molecule has 1 aromatic carbocycles. The van der Waals surface area contributed by atoms with E-state index in [0.29, 0.717) is 23.7 Å². The van der Waals surface area contributed by atoms with Gasteiger partial charge in [0.25, 0.3) is 0 Å². The van der Waals surface area contributed by atoms with Crippen molar-refractivity contribution in [2.24, 2.45) is 0 Å². The second kappa shape index (κ2) is 7.42. The third-order valence-corrected chi connectivity index (χ3v) is 5.24. The molecule has 0 atom stereocenters. The summed E-state index contributed by atoms with van der Waals surface area (Å²) >= 11 is 0. The van der Waals surface area contributed by atoms with Crippen molar-refractivity contribution in [3.05, 3.63) is 53.9 Å². The standard InChI is InChI=1S/C21H21N3O4/c1-27-19(26)6-4-15-3-5-18-16(13-15)17(25)14-21(28-18)7-11-24(12-8-21)20-22-9-2-10-23-20/h2-6,9-10,13H,7-8,11-12,14H2,1H3. The first-order chi connectivity index (χ1) is 13.6. The van der Waals surface area contributed by atoms with Crippen molar-refractivity contribution in [2.75, 3.05) is 25.1 Å². The highest BCUT2D eigenvalue weighted by Crippen LogP contribution is 2.40. The summed E-state index contributed by atoms with van der Waals surface area (Å²) < 4.78 is 10.9. The van der Waals surface area contributed by atoms with Crippen LogP contribution in [0.5, 0.6) is 5.75 Å². The van der Waals surface area contributed by atoms with Gasteiger partial charge in [0.2, 0.25) is 5.95 Å². The number of fused-ring (bicyclic) bond motifs is 1. The number of hydrogen-bond donors (Lipinski definition) is 0. The number of carbonyl (C=O) groups excluding carboxylic acids is 2. The third-order valence-electron chi connectivity index (χ3n) is 5.24. The molecule has 2 aliphatic rings. The number of nitrogens with zero attached hydrogens (tertiary/aromatic N) is 3. The van der Waals surface area contributed by atoms with Gasteiger partial charge in [-0.3, -0.25) is 4.79 Å². The van der Waals surface area contributed by atoms with Crippen molar-refractivity contribution < 1.29 is 19.1 Å². The Morgan fingerprint density at radius 3 is 2.71 bits per heavy atom. The zero-order valence-electron chi connectivity index (χ0n) is 15.6. The molecular weight excluding hydrogens is 358 g/mol. The summed E-state index contributed by atoms with van der Waals surface area (Å²) in [7, 11) is 1.32. The maximum absolute atomic E-state index is 12.8. The van der Waals surface area contributed by atoms with E-state index in [-0.39, 0.29) is 5.78 Å². The summed E-state index contributed by atoms with van der Waals surface area (Å²) in [5.74, 6) is 0.949. The van der Waals surface area contributed by atoms with Gasteiger partial charge in [0.1, 0.15) is 11.4 Å². The van der Waals surface area contributed by atoms with E-state index in [1.54, 1.807) is 36.7 Å². The molecule has 3 heterocycles. The van der Waals surface area contributed by atoms with Gasteiger partial charge in [-0.25, -0.2) is 14.8 Å². The third kappa shape index (κ3) is 3.60. The molecule has 0 unspecified atom stereocenters. The Morgan fingerprint density at radius 2 is 2.00 bits per heavy atom. The number of ether oxygens (including phenoxy) is 2. The fraction of sp³-hybridized carbons (Fsp3) is 0.333. The lowest BCUT2D eigenvalue weighted by Crippen LogP contribution is -2.51. The fourth-order valence-corrected chi connectivity index (χ4v) is 3.70. The number of aromatic nitrogens is 2. The van der Waals surface area contributed by atoms with Crippen LogP contribution in [0, 0.1) is 0 Å². The van der Waals surface area contributed by atoms with Gasteiger partial charge in [0, 0.05) is 44.4 Å². The van der Waals surface area contributed by atoms with Crippen LogP contribution in [0.4, 0.5) is 5.95 Å². The minimum atomic E-state index is -0.473. The molecule has 144 valence electrons. The number of carbonyl (C=O) groups is 2. The zero-order chi connectivity index (χ0) is 19.6. The molecule has 4 rings (SSSR count). The van der Waals surface area contributed by atoms with E-state index < -0.39 is 11.6 Å². The van der Waals surface area contributed by atoms with Crippen molar-refractivity contribution >= 4 is 23.8 Å². The van der Waals surface area contributed by atoms with Gasteiger partial charge in [-0.1, -0.05) is 6.07 Å². The Labute approximate surface area is 163 Å². The van der Waals surface area contributed by atoms with E-state index in [1.807, 2.05) is 6.07 Å². The monoisotopic (exact) mass is 379 g/mol. The number of hydrogen-bond acceptors (Lipinski definition) is 7. The molecule has 1 aromatic heterocycles. The average molecular weight is 379 g/mol. The van der Waals surface area contributed by atoms with Gasteiger partial charge in [-0.2, -0.15) is 0 Å². The quantitative estimate of drug-likeness (QED) is 0.599. The van der Waals surface area contributed by atoms with Crippen LogP contribution in [0.15, 0.2) is 42.7 Å². The van der Waals surface area contributed by atoms with E-state index in [0.717, 1.165) is 31.5 Å². The second-order valence-corrected chi connectivity index (χ2v) is 7.03. The number of methoxy groups -OCH3 is 1. The number of anilines is 1. The van der Waals surface area contributed by atoms with Crippen molar-refractivity contribution in [3.8, 4) is 5.75 Å². The molecule has 7 heteroatoms. The molecule has 28 heavy (non-hydrogen) atoms. The summed E-state index contributed by atoms with van der Waals surface area (Å²) in [6, 6.07) is 7.19. The van der Waals surface area contributed by atoms with Crippen LogP contribution in [0.1, 0.15) is 35.2 Å². The minimum absolute atomic E-state index is 0.0685. The Hall–Kier alpha value is -3.22. The molecule has 0 saturated carbocycles. The predicted octanol–water partition coefficient (Wildman–Crippen LogP) is 2.67. The summed E-state index contributed by atoms with van der Waals surface area (Å²) in [5, 5.41) is 0. The van der Waals surface area contributed by atoms with Crippen LogP contribution in [-0.4, -0.2) is 47.5 Å². The Morgan fingerprint density at radius 1 is 1.25 bits per heavy atom. The van der Waals surface area contributed by atoms with Crippen LogP contribution in [0.25, 0.3) is 6.08 Å². The summed E-state index contributed by atoms with van der Waals surface area (Å²) in [6.45, 7) is 1.49. The molecule has 1 spiro atoms. The van der Waals surface area contributed by atoms with E-state index in [4.69, 9.17) is 4.74 Å². The number of ketones is 1. The first-order valence-electron chi connectivity index (χ1n) is 9.23. The lowest BCUT2D eigenvalue weighted by atomic mass is 9.82. The molecular formula is C21H21N3O4. The number of piperidine rings is 1. The number of Topliss-reactive ketones (excluding diaryl/α,β-unsaturated/α-hetero) is 1. The van der Waals surface area contributed by atoms with Crippen LogP contribution in [0.2, 0.25) is 0 Å². The lowest BCUT2D eigenvalue weighted by molar-refractivity contribution is -0.134. The summed E-state index contributed by atoms with van der Waals surface area (Å²) in [4.78, 5) is 34.8. The first-order valence-corrected chi connectivity index (χ1v) is 9.23. The smallest absolute Gasteiger partial charge is 0.330 e. The molecule has 0 aliphatic carbocycles. The molecule has 1 saturated heterocycles. The molecule has 0 amide bonds. The summed E-state index contributed by atoms with van der Waals surface area (Å²) in [6.07, 6.45) is 8.25. The fourth-order valence-electron chi connectivity index (χ4n) is 3.70. The Balaban J connectivity index is 1.49. The normalized spacial score (nSPS) is 18.0. The molecule has 1 fully saturated rings. The van der Waals surface area contributed by atoms with Gasteiger partial charge in [-0.05, 0) is 29.8 Å². The van der Waals surface area contributed by atoms with Crippen LogP contribution >= 0.6 is 0 Å². The van der Waals surface area contributed by atoms with Gasteiger partial charge in [-0.15, -0.1) is 0 Å². The molecule has 2 aromatic rings. The average Bonchev–Trinajstić information content (AvgIpc) is 2.73. The SMILES string of the molecule is COC(=O)C=Cc1ccc2c(c1)C(=O)CC1(CCN(c3ncccn3)CC1)O2. The number of benzene rings is 1. The van der Waals surface area contributed by atoms with Crippen LogP contribution in [-0.2, 0) is 9.53 Å². The van der Waals surface area contributed by atoms with E-state index >= 15 is 0 Å². The van der Waals surface area contributed by atoms with Crippen molar-refractivity contribution in [3.63, 3.8) is 0 Å². The van der Waals surface area contributed by atoms with Gasteiger partial charge in [0.05, 0.1) is 19.1 Å². The highest BCUT2D eigenvalue weighted by Gasteiger charge is 2.43. The zero-order valence-corrected chi connectivity index (χ0v) is 15.6. The Kier molecular flexibility index (Phi) is 4.81. The van der Waals surface area contributed by atoms with Crippen molar-refractivity contribution in [2.45, 2.75) is 24.9 Å². The maximum Gasteiger partial charge on any atom is 0.330 e. The number of rotatable bonds is 3. The lowest BCUT2D eigenvalue weighted by Gasteiger charge is -2.44. The topological polar surface area (TPSA) is 81.6 Å². The molecule has 7 nitrogen and oxygen atoms in total. The highest BCUT2D eigenvalue weighted by molar-refractivity contribution is 6.01. The van der Waals surface area contributed by atoms with Gasteiger partial charge in [0.15, 0.2) is 5.78 Å². The van der Waals surface area contributed by atoms with E-state index in [1.165, 1.54) is 13.2 Å². The minimum Gasteiger partial charge on any atom is -0.486 e. The second-order valence-electron chi connectivity index (χ2n) is 7.03. The van der Waals surface area contributed by atoms with E-state index in [2.05, 4.69) is 19.6 Å². The molecule has 0 N–H and O–H groups in total. The summed E-state index contributed by atoms with van der Waals surface area (Å²) in [5.41, 5.74) is 0.846. The first kappa shape index (κ1) is 18.2. The largest absolute Gasteiger partial charge is 0.486 e. The number of esters is 1. The molecule has 0 bridgehead atoms. The van der Waals surface area contributed by atoms with Crippen LogP contribution in [0.3, 0.4) is 0 Å². The highest BCUT2D eigenvalue weighted by atomic mass is 16.5. The van der Waals surface area contributed by atoms with Gasteiger partial charge < -0.3 is 14.4 Å². The van der Waals surface area contributed by atoms with Gasteiger partial charge >= 0.3 is 5.97 Å². The molecule has 0 radical (unpaired) electrons. The Bertz CT molecular complexity index is 919.